The molecule has 0 amide bonds. The van der Waals surface area contributed by atoms with Crippen molar-refractivity contribution in [2.45, 2.75) is 5.16 Å². The quantitative estimate of drug-likeness (QED) is 0.539. The maximum Gasteiger partial charge on any atom is 0.341 e. The summed E-state index contributed by atoms with van der Waals surface area (Å²) < 4.78 is 0. The van der Waals surface area contributed by atoms with Crippen LogP contribution in [-0.4, -0.2) is 32.9 Å². The minimum absolute atomic E-state index is 0.239. The molecule has 2 N–H and O–H groups in total. The third-order valence-corrected chi connectivity index (χ3v) is 2.75. The highest BCUT2D eigenvalue weighted by Crippen LogP contribution is 2.10. The molecule has 0 radical (unpaired) electrons. The number of hydrogen-bond acceptors (Lipinski definition) is 4. The van der Waals surface area contributed by atoms with Crippen LogP contribution in [0.1, 0.15) is 0 Å². The van der Waals surface area contributed by atoms with Crippen LogP contribution in [0.15, 0.2) is 9.95 Å². The fraction of sp³-hybridized carbons (Fsp3) is 0.600. The zero-order chi connectivity index (χ0) is 8.10. The van der Waals surface area contributed by atoms with Crippen LogP contribution < -0.4 is 5.69 Å². The lowest BCUT2D eigenvalue weighted by Gasteiger charge is -1.91. The number of aromatic amines is 2. The molecule has 0 aliphatic rings. The highest BCUT2D eigenvalue weighted by atomic mass is 32.2. The van der Waals surface area contributed by atoms with Gasteiger partial charge in [-0.3, -0.25) is 4.98 Å². The van der Waals surface area contributed by atoms with Crippen molar-refractivity contribution in [1.82, 2.24) is 15.2 Å². The summed E-state index contributed by atoms with van der Waals surface area (Å²) in [5.74, 6) is 2.04. The molecule has 1 aromatic heterocycles. The molecule has 0 saturated carbocycles. The van der Waals surface area contributed by atoms with Gasteiger partial charge in [-0.05, 0) is 6.26 Å². The molecule has 0 fully saturated rings. The smallest absolute Gasteiger partial charge is 0.284 e. The van der Waals surface area contributed by atoms with Gasteiger partial charge in [0.15, 0.2) is 5.16 Å². The van der Waals surface area contributed by atoms with E-state index >= 15 is 0 Å². The molecule has 0 aliphatic heterocycles. The maximum absolute atomic E-state index is 10.5. The predicted octanol–water partition coefficient (Wildman–Crippen LogP) is 0.553. The van der Waals surface area contributed by atoms with E-state index in [0.29, 0.717) is 5.16 Å². The summed E-state index contributed by atoms with van der Waals surface area (Å²) in [6, 6.07) is 0. The fourth-order valence-electron chi connectivity index (χ4n) is 0.545. The van der Waals surface area contributed by atoms with Crippen LogP contribution >= 0.6 is 23.5 Å². The standard InChI is InChI=1S/C5H9N3OS2/c1-10-2-3-11-5-6-4(9)7-8-5/h2-3H2,1H3,(H2,6,7,8,9). The van der Waals surface area contributed by atoms with Crippen LogP contribution in [0.2, 0.25) is 0 Å². The van der Waals surface area contributed by atoms with E-state index in [0.717, 1.165) is 11.5 Å². The first kappa shape index (κ1) is 8.73. The third-order valence-electron chi connectivity index (χ3n) is 1.01. The van der Waals surface area contributed by atoms with Crippen LogP contribution in [0.25, 0.3) is 0 Å². The van der Waals surface area contributed by atoms with Gasteiger partial charge in [-0.25, -0.2) is 9.89 Å². The Morgan fingerprint density at radius 1 is 1.55 bits per heavy atom. The van der Waals surface area contributed by atoms with Crippen LogP contribution in [0.3, 0.4) is 0 Å². The Labute approximate surface area is 72.6 Å². The molecule has 62 valence electrons. The van der Waals surface area contributed by atoms with Crippen molar-refractivity contribution in [3.05, 3.63) is 10.5 Å². The largest absolute Gasteiger partial charge is 0.341 e. The summed E-state index contributed by atoms with van der Waals surface area (Å²) in [7, 11) is 0. The lowest BCUT2D eigenvalue weighted by Crippen LogP contribution is -2.00. The molecule has 1 heterocycles. The average molecular weight is 191 g/mol. The second kappa shape index (κ2) is 4.50. The van der Waals surface area contributed by atoms with Crippen LogP contribution in [0.4, 0.5) is 0 Å². The van der Waals surface area contributed by atoms with Crippen molar-refractivity contribution in [1.29, 1.82) is 0 Å². The molecule has 6 heteroatoms. The van der Waals surface area contributed by atoms with Crippen molar-refractivity contribution in [3.8, 4) is 0 Å². The Morgan fingerprint density at radius 3 is 2.91 bits per heavy atom. The molecule has 0 spiro atoms. The van der Waals surface area contributed by atoms with Crippen LogP contribution in [0.5, 0.6) is 0 Å². The van der Waals surface area contributed by atoms with Gasteiger partial charge in [-0.15, -0.1) is 5.10 Å². The Bertz CT molecular complexity index is 256. The molecule has 4 nitrogen and oxygen atoms in total. The zero-order valence-corrected chi connectivity index (χ0v) is 7.72. The predicted molar refractivity (Wildman–Crippen MR) is 48.3 cm³/mol. The van der Waals surface area contributed by atoms with Crippen molar-refractivity contribution in [2.75, 3.05) is 17.8 Å². The molecule has 1 aromatic rings. The van der Waals surface area contributed by atoms with Gasteiger partial charge in [-0.2, -0.15) is 11.8 Å². The molecule has 0 atom stereocenters. The monoisotopic (exact) mass is 191 g/mol. The van der Waals surface area contributed by atoms with Gasteiger partial charge in [-0.1, -0.05) is 11.8 Å². The van der Waals surface area contributed by atoms with Gasteiger partial charge in [0.05, 0.1) is 0 Å². The van der Waals surface area contributed by atoms with Crippen LogP contribution in [0, 0.1) is 0 Å². The number of rotatable bonds is 4. The summed E-state index contributed by atoms with van der Waals surface area (Å²) in [4.78, 5) is 13.1. The first-order valence-corrected chi connectivity index (χ1v) is 5.47. The Kier molecular flexibility index (Phi) is 3.58. The summed E-state index contributed by atoms with van der Waals surface area (Å²) in [6.07, 6.45) is 2.05. The molecular formula is C5H9N3OS2. The highest BCUT2D eigenvalue weighted by Gasteiger charge is 1.96. The number of aromatic nitrogens is 3. The van der Waals surface area contributed by atoms with E-state index in [1.54, 1.807) is 23.5 Å². The van der Waals surface area contributed by atoms with E-state index < -0.39 is 0 Å². The fourth-order valence-corrected chi connectivity index (χ4v) is 2.01. The van der Waals surface area contributed by atoms with E-state index in [1.807, 2.05) is 6.26 Å². The van der Waals surface area contributed by atoms with Crippen molar-refractivity contribution < 1.29 is 0 Å². The topological polar surface area (TPSA) is 61.5 Å². The van der Waals surface area contributed by atoms with Crippen LogP contribution in [-0.2, 0) is 0 Å². The molecule has 11 heavy (non-hydrogen) atoms. The first-order valence-electron chi connectivity index (χ1n) is 3.09. The van der Waals surface area contributed by atoms with Gasteiger partial charge < -0.3 is 0 Å². The van der Waals surface area contributed by atoms with Gasteiger partial charge in [0.25, 0.3) is 0 Å². The number of thioether (sulfide) groups is 2. The first-order chi connectivity index (χ1) is 5.33. The lowest BCUT2D eigenvalue weighted by atomic mass is 11.0. The Balaban J connectivity index is 2.33. The summed E-state index contributed by atoms with van der Waals surface area (Å²) in [5, 5.41) is 6.73. The Hall–Kier alpha value is -0.360. The molecule has 0 unspecified atom stereocenters. The van der Waals surface area contributed by atoms with Crippen molar-refractivity contribution >= 4 is 23.5 Å². The molecule has 0 bridgehead atoms. The minimum Gasteiger partial charge on any atom is -0.284 e. The van der Waals surface area contributed by atoms with E-state index in [1.165, 1.54) is 0 Å². The van der Waals surface area contributed by atoms with Crippen molar-refractivity contribution in [3.63, 3.8) is 0 Å². The normalized spacial score (nSPS) is 10.3. The average Bonchev–Trinajstić information content (AvgIpc) is 2.37. The molecule has 0 aromatic carbocycles. The minimum atomic E-state index is -0.239. The van der Waals surface area contributed by atoms with E-state index in [2.05, 4.69) is 15.2 Å². The summed E-state index contributed by atoms with van der Waals surface area (Å²) in [6.45, 7) is 0. The molecular weight excluding hydrogens is 182 g/mol. The lowest BCUT2D eigenvalue weighted by molar-refractivity contribution is 0.971. The van der Waals surface area contributed by atoms with E-state index in [9.17, 15) is 4.79 Å². The SMILES string of the molecule is CSCCSc1n[nH]c(=O)[nH]1. The number of nitrogens with one attached hydrogen (secondary N) is 2. The van der Waals surface area contributed by atoms with E-state index in [4.69, 9.17) is 0 Å². The molecule has 1 rings (SSSR count). The highest BCUT2D eigenvalue weighted by molar-refractivity contribution is 8.02. The zero-order valence-electron chi connectivity index (χ0n) is 6.09. The summed E-state index contributed by atoms with van der Waals surface area (Å²) in [5.41, 5.74) is -0.239. The third kappa shape index (κ3) is 3.02. The number of H-pyrrole nitrogens is 2. The van der Waals surface area contributed by atoms with Gasteiger partial charge in [0.1, 0.15) is 0 Å². The number of nitrogens with zero attached hydrogens (tertiary/aromatic N) is 1. The van der Waals surface area contributed by atoms with E-state index in [-0.39, 0.29) is 5.69 Å². The van der Waals surface area contributed by atoms with Gasteiger partial charge in [0, 0.05) is 11.5 Å². The second-order valence-corrected chi connectivity index (χ2v) is 3.89. The van der Waals surface area contributed by atoms with Gasteiger partial charge in [0.2, 0.25) is 0 Å². The maximum atomic E-state index is 10.5. The molecule has 0 aliphatic carbocycles. The summed E-state index contributed by atoms with van der Waals surface area (Å²) >= 11 is 3.32. The second-order valence-electron chi connectivity index (χ2n) is 1.82. The van der Waals surface area contributed by atoms with Crippen molar-refractivity contribution in [2.24, 2.45) is 0 Å². The molecule has 0 saturated heterocycles. The Morgan fingerprint density at radius 2 is 2.36 bits per heavy atom. The number of hydrogen-bond donors (Lipinski definition) is 2. The van der Waals surface area contributed by atoms with Gasteiger partial charge >= 0.3 is 5.69 Å².